The number of rotatable bonds is 7. The van der Waals surface area contributed by atoms with Gasteiger partial charge in [-0.15, -0.1) is 0 Å². The molecule has 0 unspecified atom stereocenters. The summed E-state index contributed by atoms with van der Waals surface area (Å²) in [5.41, 5.74) is 3.53. The number of ether oxygens (including phenoxy) is 1. The number of amides is 1. The summed E-state index contributed by atoms with van der Waals surface area (Å²) < 4.78 is 5.69. The number of carbonyl (C=O) groups is 1. The third-order valence-corrected chi connectivity index (χ3v) is 9.19. The van der Waals surface area contributed by atoms with Crippen LogP contribution in [-0.2, 0) is 4.74 Å². The fourth-order valence-electron chi connectivity index (χ4n) is 7.05. The molecule has 4 saturated carbocycles. The average Bonchev–Trinajstić information content (AvgIpc) is 3.59. The number of aliphatic hydroxyl groups excluding tert-OH is 2. The zero-order valence-electron chi connectivity index (χ0n) is 21.8. The van der Waals surface area contributed by atoms with E-state index in [1.165, 1.54) is 31.3 Å². The van der Waals surface area contributed by atoms with E-state index in [2.05, 4.69) is 50.0 Å². The standard InChI is InChI=1S/C30H45NO4/c1-5-31-29(34)35-28(22-10-11-22)15-8-19(2)25-13-14-26-21(7-6-16-30(25,26)4)9-12-23-17-24(32)18-27(33)20(23)3/h8-9,12,15,19,22,24-28,32-33H,3,5-7,10-11,13-14,16-18H2,1-2,4H3,(H,31,34)/b15-8+,21-9+,23-12-/t19-,24-,25-,26+,27+,28+,30-/m1/s1. The molecule has 0 heterocycles. The Morgan fingerprint density at radius 1 is 1.23 bits per heavy atom. The summed E-state index contributed by atoms with van der Waals surface area (Å²) in [6, 6.07) is 0. The van der Waals surface area contributed by atoms with Gasteiger partial charge in [-0.1, -0.05) is 44.2 Å². The van der Waals surface area contributed by atoms with Crippen LogP contribution in [0.25, 0.3) is 0 Å². The highest BCUT2D eigenvalue weighted by atomic mass is 16.6. The lowest BCUT2D eigenvalue weighted by molar-refractivity contribution is 0.0862. The SMILES string of the molecule is C=C1/C(=C\C=C2/CCC[C@]3(C)[C@@H]([C@H](C)/C=C/[C@H](OC(=O)NCC)C4CC4)CC[C@@H]23)C[C@@H](O)C[C@@H]1O. The van der Waals surface area contributed by atoms with Gasteiger partial charge in [0.1, 0.15) is 6.10 Å². The van der Waals surface area contributed by atoms with Crippen LogP contribution in [0.3, 0.4) is 0 Å². The van der Waals surface area contributed by atoms with Crippen molar-refractivity contribution in [1.82, 2.24) is 5.32 Å². The number of hydrogen-bond donors (Lipinski definition) is 3. The fourth-order valence-corrected chi connectivity index (χ4v) is 7.05. The first kappa shape index (κ1) is 26.2. The Bertz CT molecular complexity index is 885. The monoisotopic (exact) mass is 483 g/mol. The zero-order valence-corrected chi connectivity index (χ0v) is 21.8. The van der Waals surface area contributed by atoms with Gasteiger partial charge in [-0.25, -0.2) is 4.79 Å². The molecule has 0 spiro atoms. The van der Waals surface area contributed by atoms with E-state index in [1.807, 2.05) is 6.92 Å². The van der Waals surface area contributed by atoms with Gasteiger partial charge in [0, 0.05) is 13.0 Å². The minimum Gasteiger partial charge on any atom is -0.442 e. The minimum absolute atomic E-state index is 0.114. The Hall–Kier alpha value is -1.85. The van der Waals surface area contributed by atoms with Crippen LogP contribution >= 0.6 is 0 Å². The first-order valence-corrected chi connectivity index (χ1v) is 13.8. The van der Waals surface area contributed by atoms with Crippen molar-refractivity contribution in [2.45, 2.75) is 96.9 Å². The second-order valence-electron chi connectivity index (χ2n) is 11.6. The molecule has 194 valence electrons. The molecule has 0 saturated heterocycles. The molecule has 4 aliphatic carbocycles. The molecule has 0 aliphatic heterocycles. The Morgan fingerprint density at radius 2 is 2.00 bits per heavy atom. The van der Waals surface area contributed by atoms with Gasteiger partial charge in [0.15, 0.2) is 0 Å². The highest BCUT2D eigenvalue weighted by molar-refractivity contribution is 5.67. The molecule has 0 radical (unpaired) electrons. The van der Waals surface area contributed by atoms with Gasteiger partial charge < -0.3 is 20.3 Å². The summed E-state index contributed by atoms with van der Waals surface area (Å²) in [5.74, 6) is 2.09. The summed E-state index contributed by atoms with van der Waals surface area (Å²) in [7, 11) is 0. The molecule has 0 aromatic heterocycles. The molecular weight excluding hydrogens is 438 g/mol. The van der Waals surface area contributed by atoms with Crippen LogP contribution in [0.4, 0.5) is 4.79 Å². The van der Waals surface area contributed by atoms with E-state index in [0.717, 1.165) is 30.4 Å². The molecule has 35 heavy (non-hydrogen) atoms. The number of nitrogens with one attached hydrogen (secondary N) is 1. The molecular formula is C30H45NO4. The van der Waals surface area contributed by atoms with Gasteiger partial charge in [-0.3, -0.25) is 0 Å². The van der Waals surface area contributed by atoms with E-state index in [9.17, 15) is 15.0 Å². The zero-order chi connectivity index (χ0) is 25.2. The number of alkyl carbamates (subject to hydrolysis) is 1. The fraction of sp³-hybridized carbons (Fsp3) is 0.700. The molecule has 1 amide bonds. The Labute approximate surface area is 211 Å². The quantitative estimate of drug-likeness (QED) is 0.397. The van der Waals surface area contributed by atoms with E-state index in [4.69, 9.17) is 4.74 Å². The maximum Gasteiger partial charge on any atom is 0.407 e. The molecule has 0 bridgehead atoms. The van der Waals surface area contributed by atoms with E-state index >= 15 is 0 Å². The number of aliphatic hydroxyl groups is 2. The van der Waals surface area contributed by atoms with E-state index < -0.39 is 12.2 Å². The van der Waals surface area contributed by atoms with Crippen LogP contribution < -0.4 is 5.32 Å². The van der Waals surface area contributed by atoms with Gasteiger partial charge in [-0.2, -0.15) is 0 Å². The van der Waals surface area contributed by atoms with E-state index in [0.29, 0.717) is 43.1 Å². The maximum absolute atomic E-state index is 12.0. The average molecular weight is 484 g/mol. The van der Waals surface area contributed by atoms with Gasteiger partial charge in [0.25, 0.3) is 0 Å². The second kappa shape index (κ2) is 11.0. The van der Waals surface area contributed by atoms with E-state index in [-0.39, 0.29) is 17.6 Å². The summed E-state index contributed by atoms with van der Waals surface area (Å²) in [6.45, 7) is 11.4. The van der Waals surface area contributed by atoms with Crippen molar-refractivity contribution in [3.8, 4) is 0 Å². The summed E-state index contributed by atoms with van der Waals surface area (Å²) in [4.78, 5) is 12.0. The smallest absolute Gasteiger partial charge is 0.407 e. The Morgan fingerprint density at radius 3 is 2.71 bits per heavy atom. The van der Waals surface area contributed by atoms with Crippen LogP contribution in [0, 0.1) is 29.1 Å². The highest BCUT2D eigenvalue weighted by Gasteiger charge is 2.50. The van der Waals surface area contributed by atoms with Crippen molar-refractivity contribution < 1.29 is 19.7 Å². The van der Waals surface area contributed by atoms with Gasteiger partial charge in [-0.05, 0) is 105 Å². The largest absolute Gasteiger partial charge is 0.442 e. The molecule has 5 nitrogen and oxygen atoms in total. The first-order chi connectivity index (χ1) is 16.7. The second-order valence-corrected chi connectivity index (χ2v) is 11.6. The highest BCUT2D eigenvalue weighted by Crippen LogP contribution is 2.59. The predicted molar refractivity (Wildman–Crippen MR) is 140 cm³/mol. The summed E-state index contributed by atoms with van der Waals surface area (Å²) in [6.07, 6.45) is 16.5. The molecule has 5 heteroatoms. The molecule has 0 aromatic rings. The Kier molecular flexibility index (Phi) is 8.27. The van der Waals surface area contributed by atoms with Crippen LogP contribution in [0.15, 0.2) is 47.6 Å². The number of allylic oxidation sites excluding steroid dienone is 4. The van der Waals surface area contributed by atoms with Crippen molar-refractivity contribution in [2.75, 3.05) is 6.54 Å². The van der Waals surface area contributed by atoms with Gasteiger partial charge in [0.05, 0.1) is 12.2 Å². The topological polar surface area (TPSA) is 78.8 Å². The van der Waals surface area contributed by atoms with Crippen LogP contribution in [0.2, 0.25) is 0 Å². The maximum atomic E-state index is 12.0. The van der Waals surface area contributed by atoms with Crippen molar-refractivity contribution in [3.63, 3.8) is 0 Å². The lowest BCUT2D eigenvalue weighted by Crippen LogP contribution is -2.35. The molecule has 4 rings (SSSR count). The van der Waals surface area contributed by atoms with Crippen molar-refractivity contribution >= 4 is 6.09 Å². The van der Waals surface area contributed by atoms with Crippen LogP contribution in [0.5, 0.6) is 0 Å². The predicted octanol–water partition coefficient (Wildman–Crippen LogP) is 5.84. The summed E-state index contributed by atoms with van der Waals surface area (Å²) >= 11 is 0. The van der Waals surface area contributed by atoms with Crippen LogP contribution in [-0.4, -0.2) is 41.2 Å². The minimum atomic E-state index is -0.639. The van der Waals surface area contributed by atoms with Crippen LogP contribution in [0.1, 0.15) is 78.6 Å². The molecule has 7 atom stereocenters. The number of carbonyl (C=O) groups excluding carboxylic acids is 1. The molecule has 0 aromatic carbocycles. The third kappa shape index (κ3) is 5.94. The molecule has 4 aliphatic rings. The van der Waals surface area contributed by atoms with Gasteiger partial charge in [0.2, 0.25) is 0 Å². The lowest BCUT2D eigenvalue weighted by Gasteiger charge is -2.44. The number of fused-ring (bicyclic) bond motifs is 1. The first-order valence-electron chi connectivity index (χ1n) is 13.8. The molecule has 4 fully saturated rings. The van der Waals surface area contributed by atoms with Crippen molar-refractivity contribution in [2.24, 2.45) is 29.1 Å². The lowest BCUT2D eigenvalue weighted by atomic mass is 9.61. The number of hydrogen-bond acceptors (Lipinski definition) is 4. The molecule has 3 N–H and O–H groups in total. The normalized spacial score (nSPS) is 37.5. The van der Waals surface area contributed by atoms with Gasteiger partial charge >= 0.3 is 6.09 Å². The third-order valence-electron chi connectivity index (χ3n) is 9.19. The Balaban J connectivity index is 1.45. The van der Waals surface area contributed by atoms with Crippen molar-refractivity contribution in [1.29, 1.82) is 0 Å². The van der Waals surface area contributed by atoms with Crippen molar-refractivity contribution in [3.05, 3.63) is 47.6 Å². The summed E-state index contributed by atoms with van der Waals surface area (Å²) in [5, 5.41) is 23.0. The van der Waals surface area contributed by atoms with E-state index in [1.54, 1.807) is 0 Å².